The molecule has 3 aromatic rings. The average molecular weight is 420 g/mol. The quantitative estimate of drug-likeness (QED) is 0.586. The summed E-state index contributed by atoms with van der Waals surface area (Å²) in [5.74, 6) is 0.887. The van der Waals surface area contributed by atoms with Crippen LogP contribution in [0.2, 0.25) is 0 Å². The lowest BCUT2D eigenvalue weighted by atomic mass is 10.2. The van der Waals surface area contributed by atoms with Crippen molar-refractivity contribution < 1.29 is 9.53 Å². The SMILES string of the molecule is Cn1c(Cn2c(=O)sc3ccccc32)nnc1SCC(=O)NC[C@@H]1CCCO1. The van der Waals surface area contributed by atoms with Crippen LogP contribution in [-0.2, 0) is 23.1 Å². The van der Waals surface area contributed by atoms with Gasteiger partial charge in [0, 0.05) is 20.2 Å². The molecule has 2 aromatic heterocycles. The zero-order valence-electron chi connectivity index (χ0n) is 15.5. The van der Waals surface area contributed by atoms with Crippen molar-refractivity contribution in [1.29, 1.82) is 0 Å². The molecule has 4 rings (SSSR count). The molecule has 1 aromatic carbocycles. The van der Waals surface area contributed by atoms with Gasteiger partial charge in [0.05, 0.1) is 28.6 Å². The maximum atomic E-state index is 12.3. The Bertz CT molecular complexity index is 1040. The highest BCUT2D eigenvalue weighted by atomic mass is 32.2. The van der Waals surface area contributed by atoms with E-state index in [4.69, 9.17) is 4.74 Å². The smallest absolute Gasteiger partial charge is 0.308 e. The number of hydrogen-bond acceptors (Lipinski definition) is 7. The number of thioether (sulfide) groups is 1. The number of para-hydroxylation sites is 1. The molecule has 0 spiro atoms. The maximum absolute atomic E-state index is 12.3. The zero-order valence-corrected chi connectivity index (χ0v) is 17.1. The number of ether oxygens (including phenoxy) is 1. The molecule has 1 fully saturated rings. The van der Waals surface area contributed by atoms with E-state index in [1.807, 2.05) is 35.9 Å². The maximum Gasteiger partial charge on any atom is 0.308 e. The lowest BCUT2D eigenvalue weighted by molar-refractivity contribution is -0.119. The molecule has 1 N–H and O–H groups in total. The van der Waals surface area contributed by atoms with E-state index in [1.54, 1.807) is 4.57 Å². The number of hydrogen-bond donors (Lipinski definition) is 1. The van der Waals surface area contributed by atoms with Crippen molar-refractivity contribution in [2.45, 2.75) is 30.6 Å². The highest BCUT2D eigenvalue weighted by molar-refractivity contribution is 7.99. The van der Waals surface area contributed by atoms with Gasteiger partial charge >= 0.3 is 4.87 Å². The standard InChI is InChI=1S/C18H21N5O3S2/c1-22-15(10-23-13-6-2-3-7-14(13)28-18(23)25)20-21-17(22)27-11-16(24)19-9-12-5-4-8-26-12/h2-3,6-7,12H,4-5,8-11H2,1H3,(H,19,24)/t12-/m0/s1. The van der Waals surface area contributed by atoms with Gasteiger partial charge < -0.3 is 14.6 Å². The Morgan fingerprint density at radius 2 is 2.25 bits per heavy atom. The Morgan fingerprint density at radius 3 is 3.07 bits per heavy atom. The Labute approximate surface area is 169 Å². The number of carbonyl (C=O) groups excluding carboxylic acids is 1. The lowest BCUT2D eigenvalue weighted by Crippen LogP contribution is -2.32. The molecule has 0 unspecified atom stereocenters. The second-order valence-corrected chi connectivity index (χ2v) is 8.54. The van der Waals surface area contributed by atoms with Crippen LogP contribution in [0.1, 0.15) is 18.7 Å². The molecule has 1 saturated heterocycles. The highest BCUT2D eigenvalue weighted by Gasteiger charge is 2.17. The number of nitrogens with zero attached hydrogens (tertiary/aromatic N) is 4. The van der Waals surface area contributed by atoms with Crippen LogP contribution in [0.3, 0.4) is 0 Å². The van der Waals surface area contributed by atoms with Crippen molar-refractivity contribution in [2.24, 2.45) is 7.05 Å². The van der Waals surface area contributed by atoms with Crippen LogP contribution >= 0.6 is 23.1 Å². The largest absolute Gasteiger partial charge is 0.376 e. The summed E-state index contributed by atoms with van der Waals surface area (Å²) in [5.41, 5.74) is 0.892. The van der Waals surface area contributed by atoms with Gasteiger partial charge in [0.15, 0.2) is 11.0 Å². The highest BCUT2D eigenvalue weighted by Crippen LogP contribution is 2.19. The summed E-state index contributed by atoms with van der Waals surface area (Å²) in [6, 6.07) is 7.70. The number of amides is 1. The topological polar surface area (TPSA) is 91.0 Å². The van der Waals surface area contributed by atoms with Gasteiger partial charge in [-0.05, 0) is 25.0 Å². The fraction of sp³-hybridized carbons (Fsp3) is 0.444. The number of thiazole rings is 1. The van der Waals surface area contributed by atoms with Gasteiger partial charge in [0.2, 0.25) is 5.91 Å². The van der Waals surface area contributed by atoms with Crippen molar-refractivity contribution in [3.8, 4) is 0 Å². The van der Waals surface area contributed by atoms with Crippen LogP contribution in [0.4, 0.5) is 0 Å². The number of rotatable bonds is 7. The first-order valence-corrected chi connectivity index (χ1v) is 10.9. The second kappa shape index (κ2) is 8.46. The molecular weight excluding hydrogens is 398 g/mol. The van der Waals surface area contributed by atoms with Gasteiger partial charge in [0.25, 0.3) is 0 Å². The van der Waals surface area contributed by atoms with Gasteiger partial charge in [-0.2, -0.15) is 0 Å². The molecule has 0 saturated carbocycles. The van der Waals surface area contributed by atoms with Gasteiger partial charge in [-0.25, -0.2) is 0 Å². The number of aromatic nitrogens is 4. The minimum Gasteiger partial charge on any atom is -0.376 e. The molecule has 10 heteroatoms. The normalized spacial score (nSPS) is 16.7. The van der Waals surface area contributed by atoms with Gasteiger partial charge in [-0.3, -0.25) is 14.2 Å². The molecule has 1 atom stereocenters. The van der Waals surface area contributed by atoms with Crippen LogP contribution in [0, 0.1) is 0 Å². The first-order chi connectivity index (χ1) is 13.6. The Balaban J connectivity index is 1.38. The van der Waals surface area contributed by atoms with Crippen LogP contribution in [0.25, 0.3) is 10.2 Å². The summed E-state index contributed by atoms with van der Waals surface area (Å²) < 4.78 is 9.99. The number of nitrogens with one attached hydrogen (secondary N) is 1. The third kappa shape index (κ3) is 4.13. The summed E-state index contributed by atoms with van der Waals surface area (Å²) in [4.78, 5) is 24.3. The van der Waals surface area contributed by atoms with E-state index in [0.717, 1.165) is 29.7 Å². The van der Waals surface area contributed by atoms with Gasteiger partial charge in [-0.1, -0.05) is 35.2 Å². The predicted molar refractivity (Wildman–Crippen MR) is 109 cm³/mol. The summed E-state index contributed by atoms with van der Waals surface area (Å²) in [5, 5.41) is 11.9. The lowest BCUT2D eigenvalue weighted by Gasteiger charge is -2.10. The van der Waals surface area contributed by atoms with E-state index < -0.39 is 0 Å². The number of benzene rings is 1. The predicted octanol–water partition coefficient (Wildman–Crippen LogP) is 1.63. The molecule has 0 bridgehead atoms. The van der Waals surface area contributed by atoms with Crippen molar-refractivity contribution >= 4 is 39.2 Å². The van der Waals surface area contributed by atoms with E-state index in [1.165, 1.54) is 23.1 Å². The van der Waals surface area contributed by atoms with Gasteiger partial charge in [0.1, 0.15) is 0 Å². The second-order valence-electron chi connectivity index (χ2n) is 6.61. The molecule has 1 amide bonds. The molecule has 0 radical (unpaired) electrons. The van der Waals surface area contributed by atoms with Crippen molar-refractivity contribution in [3.05, 3.63) is 39.8 Å². The Kier molecular flexibility index (Phi) is 5.79. The van der Waals surface area contributed by atoms with Crippen LogP contribution in [0.15, 0.2) is 34.2 Å². The first-order valence-electron chi connectivity index (χ1n) is 9.09. The van der Waals surface area contributed by atoms with Gasteiger partial charge in [-0.15, -0.1) is 10.2 Å². The molecule has 8 nitrogen and oxygen atoms in total. The number of fused-ring (bicyclic) bond motifs is 1. The van der Waals surface area contributed by atoms with E-state index in [-0.39, 0.29) is 22.6 Å². The molecule has 1 aliphatic heterocycles. The van der Waals surface area contributed by atoms with Crippen molar-refractivity contribution in [1.82, 2.24) is 24.6 Å². The van der Waals surface area contributed by atoms with E-state index in [9.17, 15) is 9.59 Å². The van der Waals surface area contributed by atoms with E-state index in [0.29, 0.717) is 24.1 Å². The number of carbonyl (C=O) groups is 1. The zero-order chi connectivity index (χ0) is 19.5. The fourth-order valence-corrected chi connectivity index (χ4v) is 4.78. The summed E-state index contributed by atoms with van der Waals surface area (Å²) in [7, 11) is 1.85. The average Bonchev–Trinajstić information content (AvgIpc) is 3.40. The minimum absolute atomic E-state index is 0.0214. The summed E-state index contributed by atoms with van der Waals surface area (Å²) in [6.07, 6.45) is 2.19. The van der Waals surface area contributed by atoms with E-state index >= 15 is 0 Å². The third-order valence-electron chi connectivity index (χ3n) is 4.68. The van der Waals surface area contributed by atoms with E-state index in [2.05, 4.69) is 15.5 Å². The summed E-state index contributed by atoms with van der Waals surface area (Å²) >= 11 is 2.55. The molecule has 28 heavy (non-hydrogen) atoms. The van der Waals surface area contributed by atoms with Crippen molar-refractivity contribution in [2.75, 3.05) is 18.9 Å². The Morgan fingerprint density at radius 1 is 1.39 bits per heavy atom. The molecule has 1 aliphatic rings. The van der Waals surface area contributed by atoms with Crippen molar-refractivity contribution in [3.63, 3.8) is 0 Å². The fourth-order valence-electron chi connectivity index (χ4n) is 3.13. The molecular formula is C18H21N5O3S2. The monoisotopic (exact) mass is 419 g/mol. The Hall–Kier alpha value is -2.17. The molecule has 148 valence electrons. The van der Waals surface area contributed by atoms with Crippen LogP contribution < -0.4 is 10.2 Å². The third-order valence-corrected chi connectivity index (χ3v) is 6.66. The summed E-state index contributed by atoms with van der Waals surface area (Å²) in [6.45, 7) is 1.68. The minimum atomic E-state index is -0.0508. The molecule has 3 heterocycles. The van der Waals surface area contributed by atoms with Crippen LogP contribution in [-0.4, -0.2) is 50.2 Å². The molecule has 0 aliphatic carbocycles. The van der Waals surface area contributed by atoms with Crippen LogP contribution in [0.5, 0.6) is 0 Å². The first kappa shape index (κ1) is 19.2.